The molecule has 0 unspecified atom stereocenters. The molecule has 2 aromatic rings. The van der Waals surface area contributed by atoms with E-state index in [2.05, 4.69) is 21.4 Å². The van der Waals surface area contributed by atoms with Crippen LogP contribution in [0.1, 0.15) is 11.1 Å². The molecule has 0 spiro atoms. The van der Waals surface area contributed by atoms with Crippen molar-refractivity contribution in [2.24, 2.45) is 5.84 Å². The Morgan fingerprint density at radius 2 is 1.95 bits per heavy atom. The molecule has 4 nitrogen and oxygen atoms in total. The zero-order valence-electron chi connectivity index (χ0n) is 11.1. The summed E-state index contributed by atoms with van der Waals surface area (Å²) < 4.78 is 19.8. The molecule has 0 radical (unpaired) electrons. The van der Waals surface area contributed by atoms with Crippen LogP contribution >= 0.6 is 15.9 Å². The Bertz CT molecular complexity index is 649. The molecule has 21 heavy (non-hydrogen) atoms. The van der Waals surface area contributed by atoms with Crippen LogP contribution in [-0.2, 0) is 17.8 Å². The summed E-state index contributed by atoms with van der Waals surface area (Å²) >= 11 is 3.19. The van der Waals surface area contributed by atoms with Gasteiger partial charge < -0.3 is 4.74 Å². The van der Waals surface area contributed by atoms with Crippen molar-refractivity contribution >= 4 is 21.8 Å². The Labute approximate surface area is 130 Å². The Hall–Kier alpha value is -1.92. The average molecular weight is 353 g/mol. The Balaban J connectivity index is 2.11. The van der Waals surface area contributed by atoms with E-state index in [1.165, 1.54) is 6.07 Å². The van der Waals surface area contributed by atoms with Crippen LogP contribution in [0.15, 0.2) is 46.9 Å². The van der Waals surface area contributed by atoms with E-state index in [4.69, 9.17) is 10.6 Å². The number of hydrogen-bond acceptors (Lipinski definition) is 3. The molecule has 0 saturated heterocycles. The van der Waals surface area contributed by atoms with Gasteiger partial charge in [0.05, 0.1) is 6.42 Å². The minimum Gasteiger partial charge on any atom is -0.486 e. The molecule has 2 aromatic carbocycles. The Morgan fingerprint density at radius 3 is 2.62 bits per heavy atom. The van der Waals surface area contributed by atoms with E-state index in [1.54, 1.807) is 12.1 Å². The fourth-order valence-electron chi connectivity index (χ4n) is 1.84. The van der Waals surface area contributed by atoms with Crippen LogP contribution in [0.3, 0.4) is 0 Å². The van der Waals surface area contributed by atoms with Gasteiger partial charge >= 0.3 is 0 Å². The van der Waals surface area contributed by atoms with Gasteiger partial charge in [-0.15, -0.1) is 0 Å². The van der Waals surface area contributed by atoms with Gasteiger partial charge in [-0.25, -0.2) is 10.2 Å². The van der Waals surface area contributed by atoms with Crippen molar-refractivity contribution in [3.8, 4) is 5.75 Å². The zero-order valence-corrected chi connectivity index (χ0v) is 12.7. The molecule has 0 aliphatic carbocycles. The maximum atomic E-state index is 13.7. The number of halogens is 2. The van der Waals surface area contributed by atoms with Gasteiger partial charge in [-0.2, -0.15) is 0 Å². The molecule has 0 bridgehead atoms. The van der Waals surface area contributed by atoms with Crippen molar-refractivity contribution in [3.05, 3.63) is 63.9 Å². The molecule has 0 fully saturated rings. The van der Waals surface area contributed by atoms with Gasteiger partial charge in [-0.3, -0.25) is 10.2 Å². The summed E-state index contributed by atoms with van der Waals surface area (Å²) in [5.74, 6) is 4.51. The molecule has 0 heterocycles. The third-order valence-corrected chi connectivity index (χ3v) is 3.40. The molecule has 2 rings (SSSR count). The highest BCUT2D eigenvalue weighted by atomic mass is 79.9. The first-order chi connectivity index (χ1) is 10.1. The molecular weight excluding hydrogens is 339 g/mol. The molecular formula is C15H14BrFN2O2. The Morgan fingerprint density at radius 1 is 1.24 bits per heavy atom. The second-order valence-corrected chi connectivity index (χ2v) is 5.29. The number of nitrogens with two attached hydrogens (primary N) is 1. The second kappa shape index (κ2) is 7.19. The standard InChI is InChI=1S/C15H14BrFN2O2/c16-12-5-6-14(13(17)8-12)21-9-11-4-2-1-3-10(11)7-15(20)19-18/h1-6,8H,7,9,18H2,(H,19,20). The monoisotopic (exact) mass is 352 g/mol. The predicted molar refractivity (Wildman–Crippen MR) is 80.9 cm³/mol. The SMILES string of the molecule is NNC(=O)Cc1ccccc1COc1ccc(Br)cc1F. The molecule has 0 aliphatic heterocycles. The van der Waals surface area contributed by atoms with Crippen molar-refractivity contribution < 1.29 is 13.9 Å². The first kappa shape index (κ1) is 15.5. The summed E-state index contributed by atoms with van der Waals surface area (Å²) in [4.78, 5) is 11.4. The van der Waals surface area contributed by atoms with E-state index in [0.29, 0.717) is 4.47 Å². The molecule has 3 N–H and O–H groups in total. The highest BCUT2D eigenvalue weighted by Gasteiger charge is 2.09. The number of ether oxygens (including phenoxy) is 1. The number of rotatable bonds is 5. The number of hydrazine groups is 1. The summed E-state index contributed by atoms with van der Waals surface area (Å²) in [5, 5.41) is 0. The molecule has 0 aliphatic rings. The van der Waals surface area contributed by atoms with Crippen molar-refractivity contribution in [1.82, 2.24) is 5.43 Å². The third-order valence-electron chi connectivity index (χ3n) is 2.91. The molecule has 6 heteroatoms. The van der Waals surface area contributed by atoms with E-state index in [9.17, 15) is 9.18 Å². The molecule has 110 valence electrons. The topological polar surface area (TPSA) is 64.3 Å². The third kappa shape index (κ3) is 4.27. The normalized spacial score (nSPS) is 10.2. The van der Waals surface area contributed by atoms with E-state index in [-0.39, 0.29) is 24.7 Å². The lowest BCUT2D eigenvalue weighted by Crippen LogP contribution is -2.31. The number of nitrogens with one attached hydrogen (secondary N) is 1. The van der Waals surface area contributed by atoms with Gasteiger partial charge in [0.15, 0.2) is 11.6 Å². The lowest BCUT2D eigenvalue weighted by Gasteiger charge is -2.11. The van der Waals surface area contributed by atoms with Gasteiger partial charge in [-0.1, -0.05) is 40.2 Å². The van der Waals surface area contributed by atoms with Crippen LogP contribution in [0, 0.1) is 5.82 Å². The summed E-state index contributed by atoms with van der Waals surface area (Å²) in [6.45, 7) is 0.173. The average Bonchev–Trinajstić information content (AvgIpc) is 2.47. The van der Waals surface area contributed by atoms with Gasteiger partial charge in [-0.05, 0) is 29.3 Å². The van der Waals surface area contributed by atoms with E-state index in [1.807, 2.05) is 24.3 Å². The maximum absolute atomic E-state index is 13.7. The number of hydrogen-bond donors (Lipinski definition) is 2. The molecule has 0 atom stereocenters. The van der Waals surface area contributed by atoms with E-state index in [0.717, 1.165) is 11.1 Å². The molecule has 0 aromatic heterocycles. The second-order valence-electron chi connectivity index (χ2n) is 4.38. The van der Waals surface area contributed by atoms with Crippen LogP contribution in [-0.4, -0.2) is 5.91 Å². The van der Waals surface area contributed by atoms with E-state index < -0.39 is 5.82 Å². The first-order valence-electron chi connectivity index (χ1n) is 6.24. The van der Waals surface area contributed by atoms with Crippen LogP contribution < -0.4 is 16.0 Å². The highest BCUT2D eigenvalue weighted by molar-refractivity contribution is 9.10. The smallest absolute Gasteiger partial charge is 0.238 e. The lowest BCUT2D eigenvalue weighted by atomic mass is 10.1. The van der Waals surface area contributed by atoms with Crippen LogP contribution in [0.2, 0.25) is 0 Å². The minimum absolute atomic E-state index is 0.152. The van der Waals surface area contributed by atoms with Gasteiger partial charge in [0.1, 0.15) is 6.61 Å². The predicted octanol–water partition coefficient (Wildman–Crippen LogP) is 2.70. The number of carbonyl (C=O) groups is 1. The number of amides is 1. The summed E-state index contributed by atoms with van der Waals surface area (Å²) in [6, 6.07) is 11.9. The summed E-state index contributed by atoms with van der Waals surface area (Å²) in [6.07, 6.45) is 0.152. The summed E-state index contributed by atoms with van der Waals surface area (Å²) in [5.41, 5.74) is 3.68. The fraction of sp³-hybridized carbons (Fsp3) is 0.133. The highest BCUT2D eigenvalue weighted by Crippen LogP contribution is 2.23. The van der Waals surface area contributed by atoms with Crippen LogP contribution in [0.4, 0.5) is 4.39 Å². The quantitative estimate of drug-likeness (QED) is 0.494. The number of carbonyl (C=O) groups excluding carboxylic acids is 1. The molecule has 1 amide bonds. The van der Waals surface area contributed by atoms with Gasteiger partial charge in [0.2, 0.25) is 5.91 Å². The molecule has 0 saturated carbocycles. The fourth-order valence-corrected chi connectivity index (χ4v) is 2.18. The minimum atomic E-state index is -0.443. The number of benzene rings is 2. The van der Waals surface area contributed by atoms with E-state index >= 15 is 0 Å². The maximum Gasteiger partial charge on any atom is 0.238 e. The van der Waals surface area contributed by atoms with Crippen LogP contribution in [0.5, 0.6) is 5.75 Å². The van der Waals surface area contributed by atoms with Crippen molar-refractivity contribution in [2.75, 3.05) is 0 Å². The zero-order chi connectivity index (χ0) is 15.2. The van der Waals surface area contributed by atoms with Crippen molar-refractivity contribution in [1.29, 1.82) is 0 Å². The lowest BCUT2D eigenvalue weighted by molar-refractivity contribution is -0.120. The van der Waals surface area contributed by atoms with Gasteiger partial charge in [0.25, 0.3) is 0 Å². The van der Waals surface area contributed by atoms with Crippen molar-refractivity contribution in [2.45, 2.75) is 13.0 Å². The first-order valence-corrected chi connectivity index (χ1v) is 7.03. The van der Waals surface area contributed by atoms with Crippen LogP contribution in [0.25, 0.3) is 0 Å². The largest absolute Gasteiger partial charge is 0.486 e. The summed E-state index contributed by atoms with van der Waals surface area (Å²) in [7, 11) is 0. The van der Waals surface area contributed by atoms with Gasteiger partial charge in [0, 0.05) is 4.47 Å². The Kier molecular flexibility index (Phi) is 5.30. The van der Waals surface area contributed by atoms with Crippen molar-refractivity contribution in [3.63, 3.8) is 0 Å².